The first kappa shape index (κ1) is 28.5. The fraction of sp³-hybridized carbons (Fsp3) is 0.100. The lowest BCUT2D eigenvalue weighted by atomic mass is 10.1. The van der Waals surface area contributed by atoms with Gasteiger partial charge in [0.25, 0.3) is 11.8 Å². The van der Waals surface area contributed by atoms with Crippen molar-refractivity contribution in [3.05, 3.63) is 123 Å². The second-order valence-electron chi connectivity index (χ2n) is 8.56. The third-order valence-electron chi connectivity index (χ3n) is 5.65. The molecule has 0 aliphatic carbocycles. The molecular weight excluding hydrogens is 555 g/mol. The van der Waals surface area contributed by atoms with Gasteiger partial charge in [-0.15, -0.1) is 0 Å². The molecule has 4 rings (SSSR count). The number of carboxylic acid groups (broad SMARTS) is 1. The van der Waals surface area contributed by atoms with E-state index in [-0.39, 0.29) is 24.3 Å². The predicted octanol–water partition coefficient (Wildman–Crippen LogP) is 6.22. The van der Waals surface area contributed by atoms with E-state index in [1.165, 1.54) is 12.1 Å². The Balaban J connectivity index is 1.51. The first-order chi connectivity index (χ1) is 19.3. The highest BCUT2D eigenvalue weighted by atomic mass is 35.5. The van der Waals surface area contributed by atoms with Gasteiger partial charge in [0.15, 0.2) is 0 Å². The molecule has 0 radical (unpaired) electrons. The number of hydrogen-bond acceptors (Lipinski definition) is 5. The van der Waals surface area contributed by atoms with E-state index < -0.39 is 24.3 Å². The predicted molar refractivity (Wildman–Crippen MR) is 152 cm³/mol. The minimum Gasteiger partial charge on any atom is -0.489 e. The van der Waals surface area contributed by atoms with Gasteiger partial charge in [-0.3, -0.25) is 14.4 Å². The fourth-order valence-corrected chi connectivity index (χ4v) is 3.97. The summed E-state index contributed by atoms with van der Waals surface area (Å²) in [5, 5.41) is 14.9. The van der Waals surface area contributed by atoms with Gasteiger partial charge in [0.2, 0.25) is 0 Å². The third-order valence-corrected chi connectivity index (χ3v) is 6.39. The van der Waals surface area contributed by atoms with Crippen molar-refractivity contribution in [1.29, 1.82) is 0 Å². The number of carbonyl (C=O) groups is 3. The van der Waals surface area contributed by atoms with E-state index in [4.69, 9.17) is 37.8 Å². The number of benzene rings is 4. The Morgan fingerprint density at radius 1 is 0.675 bits per heavy atom. The lowest BCUT2D eigenvalue weighted by Crippen LogP contribution is -2.29. The van der Waals surface area contributed by atoms with Crippen molar-refractivity contribution in [2.45, 2.75) is 13.2 Å². The van der Waals surface area contributed by atoms with Crippen LogP contribution in [0.25, 0.3) is 0 Å². The van der Waals surface area contributed by atoms with Gasteiger partial charge in [0.1, 0.15) is 31.3 Å². The third kappa shape index (κ3) is 7.99. The van der Waals surface area contributed by atoms with Gasteiger partial charge in [-0.2, -0.15) is 0 Å². The molecule has 204 valence electrons. The number of aliphatic carboxylic acids is 1. The molecule has 0 aromatic heterocycles. The molecular formula is C30H24Cl2N2O6. The second-order valence-corrected chi connectivity index (χ2v) is 9.38. The second kappa shape index (κ2) is 13.5. The van der Waals surface area contributed by atoms with E-state index in [9.17, 15) is 14.4 Å². The van der Waals surface area contributed by atoms with Gasteiger partial charge in [-0.05, 0) is 48.5 Å². The van der Waals surface area contributed by atoms with Crippen LogP contribution in [0.2, 0.25) is 10.0 Å². The number of carboxylic acids is 1. The summed E-state index contributed by atoms with van der Waals surface area (Å²) in [6.07, 6.45) is 0. The first-order valence-electron chi connectivity index (χ1n) is 12.1. The van der Waals surface area contributed by atoms with Crippen molar-refractivity contribution in [2.75, 3.05) is 11.9 Å². The molecule has 2 amide bonds. The maximum absolute atomic E-state index is 13.2. The molecule has 0 saturated heterocycles. The smallest absolute Gasteiger partial charge is 0.322 e. The fourth-order valence-electron chi connectivity index (χ4n) is 3.59. The normalized spacial score (nSPS) is 10.4. The number of ether oxygens (including phenoxy) is 2. The standard InChI is InChI=1S/C30H24Cl2N2O6/c31-26-7-3-1-5-20(26)17-39-24-13-22(14-25(15-24)40-18-21-6-2-4-8-27(21)32)30(38)34-23-11-9-19(10-12-23)29(37)33-16-28(35)36/h1-15H,16-18H2,(H,33,37)(H,34,38)(H,35,36). The van der Waals surface area contributed by atoms with Crippen molar-refractivity contribution < 1.29 is 29.0 Å². The molecule has 0 unspecified atom stereocenters. The summed E-state index contributed by atoms with van der Waals surface area (Å²) in [6.45, 7) is -0.132. The SMILES string of the molecule is O=C(O)CNC(=O)c1ccc(NC(=O)c2cc(OCc3ccccc3Cl)cc(OCc3ccccc3Cl)c2)cc1. The summed E-state index contributed by atoms with van der Waals surface area (Å²) in [5.74, 6) is -1.33. The van der Waals surface area contributed by atoms with E-state index in [1.807, 2.05) is 36.4 Å². The van der Waals surface area contributed by atoms with E-state index >= 15 is 0 Å². The van der Waals surface area contributed by atoms with Crippen LogP contribution in [0, 0.1) is 0 Å². The van der Waals surface area contributed by atoms with Crippen LogP contribution in [0.5, 0.6) is 11.5 Å². The molecule has 0 fully saturated rings. The van der Waals surface area contributed by atoms with Crippen LogP contribution in [-0.4, -0.2) is 29.4 Å². The summed E-state index contributed by atoms with van der Waals surface area (Å²) in [7, 11) is 0. The maximum atomic E-state index is 13.2. The molecule has 4 aromatic carbocycles. The summed E-state index contributed by atoms with van der Waals surface area (Å²) in [5.41, 5.74) is 2.52. The van der Waals surface area contributed by atoms with Gasteiger partial charge < -0.3 is 25.2 Å². The molecule has 4 aromatic rings. The Bertz CT molecular complexity index is 1460. The Morgan fingerprint density at radius 3 is 1.70 bits per heavy atom. The van der Waals surface area contributed by atoms with Crippen molar-refractivity contribution in [1.82, 2.24) is 5.32 Å². The van der Waals surface area contributed by atoms with Gasteiger partial charge in [-0.25, -0.2) is 0 Å². The number of hydrogen-bond donors (Lipinski definition) is 3. The van der Waals surface area contributed by atoms with Crippen molar-refractivity contribution in [2.24, 2.45) is 0 Å². The number of rotatable bonds is 11. The monoisotopic (exact) mass is 578 g/mol. The minimum absolute atomic E-state index is 0.181. The van der Waals surface area contributed by atoms with Gasteiger partial charge in [0, 0.05) is 44.1 Å². The number of carbonyl (C=O) groups excluding carboxylic acids is 2. The number of halogens is 2. The highest BCUT2D eigenvalue weighted by molar-refractivity contribution is 6.31. The molecule has 0 bridgehead atoms. The quantitative estimate of drug-likeness (QED) is 0.195. The Kier molecular flexibility index (Phi) is 9.62. The van der Waals surface area contributed by atoms with E-state index in [2.05, 4.69) is 10.6 Å². The Labute approximate surface area is 240 Å². The number of amides is 2. The molecule has 0 aliphatic heterocycles. The maximum Gasteiger partial charge on any atom is 0.322 e. The topological polar surface area (TPSA) is 114 Å². The van der Waals surface area contributed by atoms with Crippen molar-refractivity contribution in [3.8, 4) is 11.5 Å². The lowest BCUT2D eigenvalue weighted by molar-refractivity contribution is -0.135. The largest absolute Gasteiger partial charge is 0.489 e. The summed E-state index contributed by atoms with van der Waals surface area (Å²) in [4.78, 5) is 35.9. The summed E-state index contributed by atoms with van der Waals surface area (Å²) < 4.78 is 11.9. The zero-order chi connectivity index (χ0) is 28.5. The average Bonchev–Trinajstić information content (AvgIpc) is 2.95. The van der Waals surface area contributed by atoms with Gasteiger partial charge in [-0.1, -0.05) is 59.6 Å². The molecule has 0 saturated carbocycles. The molecule has 8 nitrogen and oxygen atoms in total. The van der Waals surface area contributed by atoms with Crippen LogP contribution in [0.15, 0.2) is 91.0 Å². The molecule has 0 atom stereocenters. The van der Waals surface area contributed by atoms with Crippen LogP contribution >= 0.6 is 23.2 Å². The highest BCUT2D eigenvalue weighted by Crippen LogP contribution is 2.27. The highest BCUT2D eigenvalue weighted by Gasteiger charge is 2.14. The van der Waals surface area contributed by atoms with E-state index in [0.717, 1.165) is 11.1 Å². The van der Waals surface area contributed by atoms with Crippen molar-refractivity contribution in [3.63, 3.8) is 0 Å². The van der Waals surface area contributed by atoms with E-state index in [1.54, 1.807) is 42.5 Å². The molecule has 0 spiro atoms. The Hall–Kier alpha value is -4.53. The van der Waals surface area contributed by atoms with Crippen LogP contribution in [0.1, 0.15) is 31.8 Å². The molecule has 40 heavy (non-hydrogen) atoms. The van der Waals surface area contributed by atoms with E-state index in [0.29, 0.717) is 27.2 Å². The number of anilines is 1. The molecule has 0 heterocycles. The van der Waals surface area contributed by atoms with Gasteiger partial charge in [0.05, 0.1) is 0 Å². The first-order valence-corrected chi connectivity index (χ1v) is 12.8. The average molecular weight is 579 g/mol. The summed E-state index contributed by atoms with van der Waals surface area (Å²) >= 11 is 12.5. The van der Waals surface area contributed by atoms with Crippen LogP contribution in [0.3, 0.4) is 0 Å². The number of nitrogens with one attached hydrogen (secondary N) is 2. The van der Waals surface area contributed by atoms with Crippen LogP contribution in [-0.2, 0) is 18.0 Å². The molecule has 10 heteroatoms. The zero-order valence-corrected chi connectivity index (χ0v) is 22.5. The minimum atomic E-state index is -1.15. The lowest BCUT2D eigenvalue weighted by Gasteiger charge is -2.14. The Morgan fingerprint density at radius 2 is 1.20 bits per heavy atom. The van der Waals surface area contributed by atoms with Crippen LogP contribution < -0.4 is 20.1 Å². The van der Waals surface area contributed by atoms with Crippen LogP contribution in [0.4, 0.5) is 5.69 Å². The molecule has 0 aliphatic rings. The summed E-state index contributed by atoms with van der Waals surface area (Å²) in [6, 6.07) is 25.5. The van der Waals surface area contributed by atoms with Gasteiger partial charge >= 0.3 is 5.97 Å². The molecule has 3 N–H and O–H groups in total. The van der Waals surface area contributed by atoms with Crippen molar-refractivity contribution >= 4 is 46.7 Å². The zero-order valence-electron chi connectivity index (χ0n) is 21.0.